The van der Waals surface area contributed by atoms with Gasteiger partial charge in [0, 0.05) is 0 Å². The van der Waals surface area contributed by atoms with Gasteiger partial charge in [-0.25, -0.2) is 8.78 Å². The van der Waals surface area contributed by atoms with E-state index in [1.165, 1.54) is 0 Å². The minimum atomic E-state index is -5.23. The highest BCUT2D eigenvalue weighted by Gasteiger charge is 2.43. The van der Waals surface area contributed by atoms with Crippen molar-refractivity contribution in [2.45, 2.75) is 12.6 Å². The first-order chi connectivity index (χ1) is 7.66. The van der Waals surface area contributed by atoms with Crippen LogP contribution in [0.1, 0.15) is 17.6 Å². The van der Waals surface area contributed by atoms with Gasteiger partial charge in [0.05, 0.1) is 11.3 Å². The Morgan fingerprint density at radius 1 is 1.41 bits per heavy atom. The van der Waals surface area contributed by atoms with Gasteiger partial charge in [0.15, 0.2) is 11.8 Å². The third-order valence-corrected chi connectivity index (χ3v) is 1.82. The van der Waals surface area contributed by atoms with Crippen molar-refractivity contribution in [2.75, 3.05) is 5.73 Å². The number of rotatable bonds is 2. The molecule has 0 aliphatic carbocycles. The van der Waals surface area contributed by atoms with E-state index in [1.54, 1.807) is 0 Å². The number of alkyl halides is 5. The highest BCUT2D eigenvalue weighted by Crippen LogP contribution is 2.42. The molecule has 0 amide bonds. The maximum Gasteiger partial charge on any atom is 0.426 e. The minimum Gasteiger partial charge on any atom is -0.397 e. The van der Waals surface area contributed by atoms with E-state index in [-0.39, 0.29) is 6.20 Å². The summed E-state index contributed by atoms with van der Waals surface area (Å²) in [5, 5.41) is 10.3. The second kappa shape index (κ2) is 4.11. The van der Waals surface area contributed by atoms with Crippen molar-refractivity contribution in [1.82, 2.24) is 4.98 Å². The Kier molecular flexibility index (Phi) is 3.16. The zero-order valence-electron chi connectivity index (χ0n) is 7.83. The van der Waals surface area contributed by atoms with Crippen LogP contribution in [0.5, 0.6) is 0 Å². The Labute approximate surface area is 90.2 Å². The molecule has 0 saturated carbocycles. The van der Waals surface area contributed by atoms with Gasteiger partial charge in [-0.15, -0.1) is 0 Å². The number of pyridine rings is 1. The number of halogens is 5. The van der Waals surface area contributed by atoms with Crippen molar-refractivity contribution >= 4 is 11.5 Å². The fraction of sp³-hybridized carbons (Fsp3) is 0.286. The zero-order valence-corrected chi connectivity index (χ0v) is 7.83. The predicted molar refractivity (Wildman–Crippen MR) is 45.3 cm³/mol. The molecule has 0 spiro atoms. The number of nitro groups is 1. The van der Waals surface area contributed by atoms with Crippen molar-refractivity contribution in [3.63, 3.8) is 0 Å². The van der Waals surface area contributed by atoms with Gasteiger partial charge in [-0.05, 0) is 9.91 Å². The van der Waals surface area contributed by atoms with E-state index >= 15 is 0 Å². The second-order valence-corrected chi connectivity index (χ2v) is 2.88. The molecule has 0 fully saturated rings. The number of nitrogens with zero attached hydrogens (tertiary/aromatic N) is 2. The molecule has 0 saturated heterocycles. The lowest BCUT2D eigenvalue weighted by Crippen LogP contribution is -2.15. The molecular weight excluding hydrogens is 253 g/mol. The van der Waals surface area contributed by atoms with Crippen LogP contribution in [0.2, 0.25) is 0 Å². The summed E-state index contributed by atoms with van der Waals surface area (Å²) < 4.78 is 61.9. The Hall–Kier alpha value is -2.00. The number of hydrogen-bond acceptors (Lipinski definition) is 4. The Morgan fingerprint density at radius 3 is 2.29 bits per heavy atom. The summed E-state index contributed by atoms with van der Waals surface area (Å²) in [6.07, 6.45) is -8.28. The molecule has 2 N–H and O–H groups in total. The van der Waals surface area contributed by atoms with Gasteiger partial charge in [-0.1, -0.05) is 0 Å². The van der Waals surface area contributed by atoms with Gasteiger partial charge in [-0.3, -0.25) is 0 Å². The van der Waals surface area contributed by atoms with Crippen LogP contribution in [0.4, 0.5) is 33.5 Å². The number of anilines is 1. The highest BCUT2D eigenvalue weighted by atomic mass is 19.4. The number of aromatic nitrogens is 1. The van der Waals surface area contributed by atoms with Crippen LogP contribution in [0.25, 0.3) is 0 Å². The molecule has 1 aromatic heterocycles. The summed E-state index contributed by atoms with van der Waals surface area (Å²) in [6, 6.07) is 0. The maximum atomic E-state index is 12.4. The standard InChI is InChI=1S/C7H4F5N3O2/c8-5(9)2-1-14-6(15(16)17)3(4(2)13)7(10,11)12/h1,5H,(H2,13,14). The molecular formula is C7H4F5N3O2. The zero-order chi connectivity index (χ0) is 13.4. The molecule has 1 heterocycles. The van der Waals surface area contributed by atoms with Crippen LogP contribution in [0.15, 0.2) is 6.20 Å². The molecule has 0 aromatic carbocycles. The van der Waals surface area contributed by atoms with Crippen molar-refractivity contribution in [1.29, 1.82) is 0 Å². The number of nitrogens with two attached hydrogens (primary N) is 1. The van der Waals surface area contributed by atoms with E-state index in [0.29, 0.717) is 0 Å². The molecule has 1 aromatic rings. The van der Waals surface area contributed by atoms with Gasteiger partial charge < -0.3 is 15.8 Å². The molecule has 0 atom stereocenters. The van der Waals surface area contributed by atoms with Crippen LogP contribution >= 0.6 is 0 Å². The molecule has 0 aliphatic heterocycles. The molecule has 0 radical (unpaired) electrons. The van der Waals surface area contributed by atoms with Gasteiger partial charge in [0.1, 0.15) is 0 Å². The van der Waals surface area contributed by atoms with Gasteiger partial charge in [-0.2, -0.15) is 13.2 Å². The van der Waals surface area contributed by atoms with Gasteiger partial charge in [0.2, 0.25) is 0 Å². The van der Waals surface area contributed by atoms with Crippen LogP contribution in [-0.2, 0) is 6.18 Å². The first kappa shape index (κ1) is 13.1. The smallest absolute Gasteiger partial charge is 0.397 e. The average molecular weight is 257 g/mol. The topological polar surface area (TPSA) is 82.0 Å². The first-order valence-corrected chi connectivity index (χ1v) is 3.94. The lowest BCUT2D eigenvalue weighted by Gasteiger charge is -2.11. The predicted octanol–water partition coefficient (Wildman–Crippen LogP) is 2.53. The van der Waals surface area contributed by atoms with E-state index in [1.807, 2.05) is 0 Å². The summed E-state index contributed by atoms with van der Waals surface area (Å²) in [4.78, 5) is 11.6. The minimum absolute atomic E-state index is 0.257. The van der Waals surface area contributed by atoms with Crippen molar-refractivity contribution in [2.24, 2.45) is 0 Å². The summed E-state index contributed by atoms with van der Waals surface area (Å²) in [6.45, 7) is 0. The van der Waals surface area contributed by atoms with E-state index in [4.69, 9.17) is 5.73 Å². The van der Waals surface area contributed by atoms with E-state index < -0.39 is 40.2 Å². The molecule has 0 unspecified atom stereocenters. The molecule has 1 rings (SSSR count). The largest absolute Gasteiger partial charge is 0.426 e. The monoisotopic (exact) mass is 257 g/mol. The molecule has 17 heavy (non-hydrogen) atoms. The molecule has 5 nitrogen and oxygen atoms in total. The summed E-state index contributed by atoms with van der Waals surface area (Å²) in [5.41, 5.74) is 0.334. The quantitative estimate of drug-likeness (QED) is 0.501. The van der Waals surface area contributed by atoms with Crippen LogP contribution in [-0.4, -0.2) is 9.91 Å². The first-order valence-electron chi connectivity index (χ1n) is 3.94. The number of hydrogen-bond donors (Lipinski definition) is 1. The Morgan fingerprint density at radius 2 is 1.94 bits per heavy atom. The summed E-state index contributed by atoms with van der Waals surface area (Å²) in [7, 11) is 0. The Balaban J connectivity index is 3.60. The Bertz CT molecular complexity index is 460. The lowest BCUT2D eigenvalue weighted by atomic mass is 10.1. The van der Waals surface area contributed by atoms with Gasteiger partial charge in [0.25, 0.3) is 6.43 Å². The fourth-order valence-corrected chi connectivity index (χ4v) is 1.12. The van der Waals surface area contributed by atoms with E-state index in [9.17, 15) is 32.1 Å². The maximum absolute atomic E-state index is 12.4. The molecule has 94 valence electrons. The fourth-order valence-electron chi connectivity index (χ4n) is 1.12. The van der Waals surface area contributed by atoms with Crippen molar-refractivity contribution < 1.29 is 26.9 Å². The average Bonchev–Trinajstić information content (AvgIpc) is 2.14. The van der Waals surface area contributed by atoms with Crippen molar-refractivity contribution in [3.05, 3.63) is 27.4 Å². The van der Waals surface area contributed by atoms with Crippen molar-refractivity contribution in [3.8, 4) is 0 Å². The molecule has 0 aliphatic rings. The SMILES string of the molecule is Nc1c(C(F)F)cnc([N+](=O)[O-])c1C(F)(F)F. The third kappa shape index (κ3) is 2.40. The second-order valence-electron chi connectivity index (χ2n) is 2.88. The lowest BCUT2D eigenvalue weighted by molar-refractivity contribution is -0.392. The molecule has 10 heteroatoms. The van der Waals surface area contributed by atoms with E-state index in [2.05, 4.69) is 4.98 Å². The molecule has 0 bridgehead atoms. The van der Waals surface area contributed by atoms with E-state index in [0.717, 1.165) is 0 Å². The van der Waals surface area contributed by atoms with Crippen LogP contribution in [0, 0.1) is 10.1 Å². The summed E-state index contributed by atoms with van der Waals surface area (Å²) in [5.74, 6) is -1.60. The van der Waals surface area contributed by atoms with Crippen LogP contribution in [0.3, 0.4) is 0 Å². The third-order valence-electron chi connectivity index (χ3n) is 1.82. The van der Waals surface area contributed by atoms with Gasteiger partial charge >= 0.3 is 12.0 Å². The normalized spacial score (nSPS) is 11.9. The highest BCUT2D eigenvalue weighted by molar-refractivity contribution is 5.60. The summed E-state index contributed by atoms with van der Waals surface area (Å²) >= 11 is 0. The number of nitrogen functional groups attached to an aromatic ring is 1. The van der Waals surface area contributed by atoms with Crippen LogP contribution < -0.4 is 5.73 Å².